The quantitative estimate of drug-likeness (QED) is 0.882. The largest absolute Gasteiger partial charge is 0.463 e. The van der Waals surface area contributed by atoms with Gasteiger partial charge in [-0.05, 0) is 25.0 Å². The van der Waals surface area contributed by atoms with E-state index < -0.39 is 5.82 Å². The Labute approximate surface area is 122 Å². The van der Waals surface area contributed by atoms with Gasteiger partial charge in [-0.3, -0.25) is 0 Å². The van der Waals surface area contributed by atoms with Gasteiger partial charge < -0.3 is 14.8 Å². The molecule has 7 heteroatoms. The van der Waals surface area contributed by atoms with Crippen LogP contribution in [-0.4, -0.2) is 28.6 Å². The third-order valence-corrected chi connectivity index (χ3v) is 2.61. The van der Waals surface area contributed by atoms with Crippen LogP contribution in [0.3, 0.4) is 0 Å². The van der Waals surface area contributed by atoms with Crippen molar-refractivity contribution in [3.05, 3.63) is 29.6 Å². The summed E-state index contributed by atoms with van der Waals surface area (Å²) in [6.45, 7) is 4.11. The molecule has 0 atom stereocenters. The number of nitrogens with zero attached hydrogens (tertiary/aromatic N) is 3. The van der Waals surface area contributed by atoms with Crippen molar-refractivity contribution in [3.8, 4) is 17.8 Å². The molecule has 0 radical (unpaired) electrons. The maximum Gasteiger partial charge on any atom is 0.330 e. The topological polar surface area (TPSA) is 69.2 Å². The van der Waals surface area contributed by atoms with Gasteiger partial charge in [-0.1, -0.05) is 19.1 Å². The molecule has 0 spiro atoms. The minimum atomic E-state index is -0.444. The maximum absolute atomic E-state index is 13.9. The lowest BCUT2D eigenvalue weighted by Crippen LogP contribution is -2.06. The first kappa shape index (κ1) is 15.0. The molecule has 1 aromatic heterocycles. The first-order valence-electron chi connectivity index (χ1n) is 6.63. The molecule has 1 aromatic carbocycles. The molecule has 0 bridgehead atoms. The molecule has 112 valence electrons. The third-order valence-electron chi connectivity index (χ3n) is 2.61. The van der Waals surface area contributed by atoms with Crippen LogP contribution in [-0.2, 0) is 0 Å². The Kier molecular flexibility index (Phi) is 4.86. The Morgan fingerprint density at radius 3 is 2.67 bits per heavy atom. The molecule has 0 amide bonds. The zero-order chi connectivity index (χ0) is 15.2. The van der Waals surface area contributed by atoms with Crippen LogP contribution in [0, 0.1) is 12.7 Å². The lowest BCUT2D eigenvalue weighted by atomic mass is 10.2. The van der Waals surface area contributed by atoms with Gasteiger partial charge in [0.05, 0.1) is 6.61 Å². The molecular formula is C14H17FN4O2. The summed E-state index contributed by atoms with van der Waals surface area (Å²) >= 11 is 0. The molecule has 0 aliphatic carbocycles. The van der Waals surface area contributed by atoms with Crippen molar-refractivity contribution >= 4 is 5.95 Å². The van der Waals surface area contributed by atoms with Crippen LogP contribution >= 0.6 is 0 Å². The number of ether oxygens (including phenoxy) is 2. The highest BCUT2D eigenvalue weighted by atomic mass is 19.1. The fourth-order valence-corrected chi connectivity index (χ4v) is 1.55. The van der Waals surface area contributed by atoms with Gasteiger partial charge in [-0.15, -0.1) is 4.98 Å². The van der Waals surface area contributed by atoms with E-state index in [1.165, 1.54) is 6.07 Å². The minimum Gasteiger partial charge on any atom is -0.463 e. The molecule has 6 nitrogen and oxygen atoms in total. The fraction of sp³-hybridized carbons (Fsp3) is 0.357. The number of hydrogen-bond donors (Lipinski definition) is 1. The Balaban J connectivity index is 2.28. The second kappa shape index (κ2) is 6.83. The molecule has 0 saturated carbocycles. The second-order valence-corrected chi connectivity index (χ2v) is 4.31. The molecule has 1 heterocycles. The highest BCUT2D eigenvalue weighted by Gasteiger charge is 2.12. The van der Waals surface area contributed by atoms with E-state index in [0.29, 0.717) is 18.1 Å². The van der Waals surface area contributed by atoms with Crippen molar-refractivity contribution in [3.63, 3.8) is 0 Å². The van der Waals surface area contributed by atoms with Crippen LogP contribution in [0.1, 0.15) is 18.9 Å². The molecule has 2 aromatic rings. The van der Waals surface area contributed by atoms with Gasteiger partial charge in [0.15, 0.2) is 11.6 Å². The van der Waals surface area contributed by atoms with Crippen molar-refractivity contribution in [1.29, 1.82) is 0 Å². The summed E-state index contributed by atoms with van der Waals surface area (Å²) in [6.07, 6.45) is 0.823. The minimum absolute atomic E-state index is 0.0232. The summed E-state index contributed by atoms with van der Waals surface area (Å²) in [7, 11) is 1.66. The van der Waals surface area contributed by atoms with Crippen molar-refractivity contribution < 1.29 is 13.9 Å². The van der Waals surface area contributed by atoms with Gasteiger partial charge in [0.2, 0.25) is 5.95 Å². The van der Waals surface area contributed by atoms with Crippen LogP contribution in [0.2, 0.25) is 0 Å². The van der Waals surface area contributed by atoms with Gasteiger partial charge in [0, 0.05) is 7.05 Å². The van der Waals surface area contributed by atoms with Crippen LogP contribution in [0.25, 0.3) is 0 Å². The normalized spacial score (nSPS) is 10.3. The van der Waals surface area contributed by atoms with E-state index in [2.05, 4.69) is 20.3 Å². The fourth-order valence-electron chi connectivity index (χ4n) is 1.55. The number of rotatable bonds is 6. The highest BCUT2D eigenvalue weighted by Crippen LogP contribution is 2.25. The monoisotopic (exact) mass is 292 g/mol. The average Bonchev–Trinajstić information content (AvgIpc) is 2.49. The number of aryl methyl sites for hydroxylation is 1. The van der Waals surface area contributed by atoms with E-state index in [0.717, 1.165) is 6.42 Å². The Morgan fingerprint density at radius 1 is 1.19 bits per heavy atom. The van der Waals surface area contributed by atoms with E-state index in [4.69, 9.17) is 9.47 Å². The van der Waals surface area contributed by atoms with Crippen molar-refractivity contribution in [2.45, 2.75) is 20.3 Å². The zero-order valence-corrected chi connectivity index (χ0v) is 12.2. The molecule has 0 aliphatic heterocycles. The number of aromatic nitrogens is 3. The molecule has 2 rings (SSSR count). The highest BCUT2D eigenvalue weighted by molar-refractivity contribution is 5.33. The number of anilines is 1. The first-order valence-corrected chi connectivity index (χ1v) is 6.63. The van der Waals surface area contributed by atoms with Crippen LogP contribution < -0.4 is 14.8 Å². The molecule has 1 N–H and O–H groups in total. The molecule has 0 unspecified atom stereocenters. The van der Waals surface area contributed by atoms with Gasteiger partial charge >= 0.3 is 12.0 Å². The van der Waals surface area contributed by atoms with Crippen LogP contribution in [0.5, 0.6) is 17.8 Å². The maximum atomic E-state index is 13.9. The summed E-state index contributed by atoms with van der Waals surface area (Å²) in [5.74, 6) is -0.0937. The van der Waals surface area contributed by atoms with E-state index in [9.17, 15) is 4.39 Å². The Morgan fingerprint density at radius 2 is 1.95 bits per heavy atom. The van der Waals surface area contributed by atoms with Crippen molar-refractivity contribution in [2.75, 3.05) is 19.0 Å². The third kappa shape index (κ3) is 3.77. The zero-order valence-electron chi connectivity index (χ0n) is 12.2. The molecular weight excluding hydrogens is 275 g/mol. The smallest absolute Gasteiger partial charge is 0.330 e. The summed E-state index contributed by atoms with van der Waals surface area (Å²) in [4.78, 5) is 12.1. The summed E-state index contributed by atoms with van der Waals surface area (Å²) in [5, 5.41) is 2.78. The van der Waals surface area contributed by atoms with Crippen LogP contribution in [0.15, 0.2) is 18.2 Å². The summed E-state index contributed by atoms with van der Waals surface area (Å²) in [6, 6.07) is 4.98. The van der Waals surface area contributed by atoms with Crippen molar-refractivity contribution in [1.82, 2.24) is 15.0 Å². The molecule has 0 aliphatic rings. The number of nitrogens with one attached hydrogen (secondary N) is 1. The second-order valence-electron chi connectivity index (χ2n) is 4.31. The molecule has 21 heavy (non-hydrogen) atoms. The number of benzene rings is 1. The van der Waals surface area contributed by atoms with Gasteiger partial charge in [-0.2, -0.15) is 9.97 Å². The van der Waals surface area contributed by atoms with E-state index in [1.54, 1.807) is 26.1 Å². The van der Waals surface area contributed by atoms with E-state index in [-0.39, 0.29) is 17.8 Å². The number of hydrogen-bond acceptors (Lipinski definition) is 6. The van der Waals surface area contributed by atoms with Gasteiger partial charge in [0.1, 0.15) is 0 Å². The summed E-state index contributed by atoms with van der Waals surface area (Å²) < 4.78 is 24.7. The van der Waals surface area contributed by atoms with Crippen molar-refractivity contribution in [2.24, 2.45) is 0 Å². The first-order chi connectivity index (χ1) is 10.1. The average molecular weight is 292 g/mol. The summed E-state index contributed by atoms with van der Waals surface area (Å²) in [5.41, 5.74) is 0.484. The van der Waals surface area contributed by atoms with E-state index >= 15 is 0 Å². The Hall–Kier alpha value is -2.44. The molecule has 0 saturated heterocycles. The van der Waals surface area contributed by atoms with Crippen LogP contribution in [0.4, 0.5) is 10.3 Å². The van der Waals surface area contributed by atoms with Gasteiger partial charge in [0.25, 0.3) is 0 Å². The SMILES string of the molecule is CCCOc1nc(NC)nc(Oc2cccc(C)c2F)n1. The van der Waals surface area contributed by atoms with E-state index in [1.807, 2.05) is 6.92 Å². The predicted octanol–water partition coefficient (Wildman–Crippen LogP) is 2.94. The molecule has 0 fully saturated rings. The number of halogens is 1. The van der Waals surface area contributed by atoms with Gasteiger partial charge in [-0.25, -0.2) is 4.39 Å². The lowest BCUT2D eigenvalue weighted by molar-refractivity contribution is 0.284. The predicted molar refractivity (Wildman–Crippen MR) is 76.4 cm³/mol. The lowest BCUT2D eigenvalue weighted by Gasteiger charge is -2.09. The Bertz CT molecular complexity index is 622. The standard InChI is InChI=1S/C14H17FN4O2/c1-4-8-20-13-17-12(16-3)18-14(19-13)21-10-7-5-6-9(2)11(10)15/h5-7H,4,8H2,1-3H3,(H,16,17,18,19).